The average Bonchev–Trinajstić information content (AvgIpc) is 2.53. The maximum Gasteiger partial charge on any atom is 0.317 e. The molecule has 0 amide bonds. The van der Waals surface area contributed by atoms with Crippen molar-refractivity contribution in [3.8, 4) is 0 Å². The van der Waals surface area contributed by atoms with E-state index in [0.717, 1.165) is 11.3 Å². The molecule has 0 saturated heterocycles. The summed E-state index contributed by atoms with van der Waals surface area (Å²) in [5.74, 6) is -0.831. The van der Waals surface area contributed by atoms with Crippen LogP contribution in [0.1, 0.15) is 11.3 Å². The summed E-state index contributed by atoms with van der Waals surface area (Å²) in [6.45, 7) is 3.63. The van der Waals surface area contributed by atoms with Crippen LogP contribution < -0.4 is 0 Å². The zero-order valence-electron chi connectivity index (χ0n) is 10.5. The minimum atomic E-state index is -0.831. The third-order valence-corrected chi connectivity index (χ3v) is 2.48. The molecule has 0 radical (unpaired) electrons. The smallest absolute Gasteiger partial charge is 0.317 e. The lowest BCUT2D eigenvalue weighted by Gasteiger charge is -2.19. The number of methoxy groups -OCH3 is 1. The van der Waals surface area contributed by atoms with Crippen molar-refractivity contribution in [1.29, 1.82) is 0 Å². The van der Waals surface area contributed by atoms with Crippen LogP contribution in [0.15, 0.2) is 6.20 Å². The minimum Gasteiger partial charge on any atom is -0.480 e. The number of aromatic nitrogens is 2. The number of carboxylic acid groups (broad SMARTS) is 1. The van der Waals surface area contributed by atoms with Crippen molar-refractivity contribution in [1.82, 2.24) is 14.7 Å². The summed E-state index contributed by atoms with van der Waals surface area (Å²) in [4.78, 5) is 12.6. The molecule has 0 aliphatic heterocycles. The first-order chi connectivity index (χ1) is 8.02. The highest BCUT2D eigenvalue weighted by Crippen LogP contribution is 2.08. The molecule has 0 spiro atoms. The average molecular weight is 241 g/mol. The third-order valence-electron chi connectivity index (χ3n) is 2.48. The van der Waals surface area contributed by atoms with E-state index >= 15 is 0 Å². The Morgan fingerprint density at radius 1 is 1.65 bits per heavy atom. The number of carbonyl (C=O) groups is 1. The lowest BCUT2D eigenvalue weighted by Crippen LogP contribution is -2.32. The van der Waals surface area contributed by atoms with Gasteiger partial charge < -0.3 is 9.84 Å². The molecule has 0 aliphatic rings. The summed E-state index contributed by atoms with van der Waals surface area (Å²) in [7, 11) is 3.46. The molecule has 0 saturated carbocycles. The fourth-order valence-electron chi connectivity index (χ4n) is 1.67. The first-order valence-electron chi connectivity index (χ1n) is 5.45. The number of aryl methyl sites for hydroxylation is 2. The molecule has 1 rings (SSSR count). The molecule has 1 N–H and O–H groups in total. The summed E-state index contributed by atoms with van der Waals surface area (Å²) in [5, 5.41) is 13.1. The number of nitrogens with zero attached hydrogens (tertiary/aromatic N) is 3. The van der Waals surface area contributed by atoms with Crippen molar-refractivity contribution in [2.75, 3.05) is 26.8 Å². The van der Waals surface area contributed by atoms with Crippen LogP contribution in [0.2, 0.25) is 0 Å². The topological polar surface area (TPSA) is 67.6 Å². The molecule has 96 valence electrons. The molecule has 0 aliphatic carbocycles. The van der Waals surface area contributed by atoms with E-state index in [-0.39, 0.29) is 6.54 Å². The van der Waals surface area contributed by atoms with Gasteiger partial charge in [-0.3, -0.25) is 14.4 Å². The first-order valence-corrected chi connectivity index (χ1v) is 5.45. The molecule has 17 heavy (non-hydrogen) atoms. The molecule has 1 aromatic rings. The quantitative estimate of drug-likeness (QED) is 0.741. The fraction of sp³-hybridized carbons (Fsp3) is 0.636. The second-order valence-corrected chi connectivity index (χ2v) is 4.01. The van der Waals surface area contributed by atoms with Crippen LogP contribution in [-0.2, 0) is 23.1 Å². The van der Waals surface area contributed by atoms with Gasteiger partial charge in [0.1, 0.15) is 0 Å². The predicted molar refractivity (Wildman–Crippen MR) is 62.7 cm³/mol. The van der Waals surface area contributed by atoms with Gasteiger partial charge in [-0.25, -0.2) is 0 Å². The van der Waals surface area contributed by atoms with E-state index in [0.29, 0.717) is 19.7 Å². The standard InChI is InChI=1S/C11H19N3O3/c1-9-10(6-13(2)12-9)7-14(4-5-17-3)8-11(15)16/h6H,4-5,7-8H2,1-3H3,(H,15,16). The van der Waals surface area contributed by atoms with Crippen LogP contribution in [0, 0.1) is 6.92 Å². The Hall–Kier alpha value is -1.40. The van der Waals surface area contributed by atoms with Gasteiger partial charge in [0.2, 0.25) is 0 Å². The van der Waals surface area contributed by atoms with Crippen molar-refractivity contribution in [3.05, 3.63) is 17.5 Å². The molecule has 6 heteroatoms. The number of rotatable bonds is 7. The molecule has 0 atom stereocenters. The number of carboxylic acids is 1. The van der Waals surface area contributed by atoms with Crippen molar-refractivity contribution < 1.29 is 14.6 Å². The molecule has 6 nitrogen and oxygen atoms in total. The van der Waals surface area contributed by atoms with Crippen molar-refractivity contribution >= 4 is 5.97 Å². The maximum atomic E-state index is 10.7. The van der Waals surface area contributed by atoms with Crippen LogP contribution in [0.4, 0.5) is 0 Å². The molecular formula is C11H19N3O3. The Morgan fingerprint density at radius 2 is 2.35 bits per heavy atom. The van der Waals surface area contributed by atoms with Crippen molar-refractivity contribution in [2.24, 2.45) is 7.05 Å². The fourth-order valence-corrected chi connectivity index (χ4v) is 1.67. The Balaban J connectivity index is 2.64. The number of ether oxygens (including phenoxy) is 1. The summed E-state index contributed by atoms with van der Waals surface area (Å²) >= 11 is 0. The zero-order valence-corrected chi connectivity index (χ0v) is 10.5. The maximum absolute atomic E-state index is 10.7. The second kappa shape index (κ2) is 6.36. The second-order valence-electron chi connectivity index (χ2n) is 4.01. The third kappa shape index (κ3) is 4.54. The van der Waals surface area contributed by atoms with Gasteiger partial charge >= 0.3 is 5.97 Å². The van der Waals surface area contributed by atoms with E-state index in [1.807, 2.05) is 25.1 Å². The van der Waals surface area contributed by atoms with Gasteiger partial charge in [0.25, 0.3) is 0 Å². The van der Waals surface area contributed by atoms with Gasteiger partial charge in [-0.2, -0.15) is 5.10 Å². The van der Waals surface area contributed by atoms with Crippen LogP contribution in [0.25, 0.3) is 0 Å². The van der Waals surface area contributed by atoms with Crippen LogP contribution in [0.5, 0.6) is 0 Å². The Kier molecular flexibility index (Phi) is 5.11. The monoisotopic (exact) mass is 241 g/mol. The molecule has 0 fully saturated rings. The van der Waals surface area contributed by atoms with Gasteiger partial charge in [-0.05, 0) is 6.92 Å². The number of aliphatic carboxylic acids is 1. The Bertz CT molecular complexity index is 376. The van der Waals surface area contributed by atoms with Crippen LogP contribution in [-0.4, -0.2) is 52.6 Å². The Labute approximate surface area is 101 Å². The summed E-state index contributed by atoms with van der Waals surface area (Å²) in [5.41, 5.74) is 1.98. The number of hydrogen-bond acceptors (Lipinski definition) is 4. The Morgan fingerprint density at radius 3 is 2.82 bits per heavy atom. The molecule has 1 heterocycles. The largest absolute Gasteiger partial charge is 0.480 e. The summed E-state index contributed by atoms with van der Waals surface area (Å²) < 4.78 is 6.71. The highest BCUT2D eigenvalue weighted by atomic mass is 16.5. The lowest BCUT2D eigenvalue weighted by atomic mass is 10.2. The predicted octanol–water partition coefficient (Wildman–Crippen LogP) is 0.262. The molecule has 1 aromatic heterocycles. The zero-order chi connectivity index (χ0) is 12.8. The molecule has 0 aromatic carbocycles. The highest BCUT2D eigenvalue weighted by Gasteiger charge is 2.12. The SMILES string of the molecule is COCCN(CC(=O)O)Cc1cn(C)nc1C. The van der Waals surface area contributed by atoms with Crippen molar-refractivity contribution in [2.45, 2.75) is 13.5 Å². The van der Waals surface area contributed by atoms with Gasteiger partial charge in [0.15, 0.2) is 0 Å². The van der Waals surface area contributed by atoms with E-state index in [1.165, 1.54) is 0 Å². The van der Waals surface area contributed by atoms with Crippen molar-refractivity contribution in [3.63, 3.8) is 0 Å². The van der Waals surface area contributed by atoms with Gasteiger partial charge in [-0.15, -0.1) is 0 Å². The summed E-state index contributed by atoms with van der Waals surface area (Å²) in [6, 6.07) is 0. The van der Waals surface area contributed by atoms with E-state index < -0.39 is 5.97 Å². The van der Waals surface area contributed by atoms with Crippen LogP contribution in [0.3, 0.4) is 0 Å². The molecule has 0 unspecified atom stereocenters. The normalized spacial score (nSPS) is 11.1. The minimum absolute atomic E-state index is 0.0116. The first kappa shape index (κ1) is 13.7. The van der Waals surface area contributed by atoms with Gasteiger partial charge in [0, 0.05) is 39.0 Å². The molecular weight excluding hydrogens is 222 g/mol. The van der Waals surface area contributed by atoms with Gasteiger partial charge in [-0.1, -0.05) is 0 Å². The van der Waals surface area contributed by atoms with Gasteiger partial charge in [0.05, 0.1) is 18.8 Å². The van der Waals surface area contributed by atoms with E-state index in [4.69, 9.17) is 9.84 Å². The summed E-state index contributed by atoms with van der Waals surface area (Å²) in [6.07, 6.45) is 1.91. The van der Waals surface area contributed by atoms with Crippen LogP contribution >= 0.6 is 0 Å². The van der Waals surface area contributed by atoms with E-state index in [9.17, 15) is 4.79 Å². The van der Waals surface area contributed by atoms with E-state index in [1.54, 1.807) is 11.8 Å². The highest BCUT2D eigenvalue weighted by molar-refractivity contribution is 5.69. The lowest BCUT2D eigenvalue weighted by molar-refractivity contribution is -0.138. The molecule has 0 bridgehead atoms. The number of hydrogen-bond donors (Lipinski definition) is 1. The van der Waals surface area contributed by atoms with E-state index in [2.05, 4.69) is 5.10 Å².